The van der Waals surface area contributed by atoms with Gasteiger partial charge in [-0.25, -0.2) is 0 Å². The normalized spacial score (nSPS) is 23.7. The van der Waals surface area contributed by atoms with Crippen molar-refractivity contribution in [1.82, 2.24) is 5.32 Å². The predicted octanol–water partition coefficient (Wildman–Crippen LogP) is 2.82. The van der Waals surface area contributed by atoms with E-state index in [-0.39, 0.29) is 17.9 Å². The van der Waals surface area contributed by atoms with Crippen LogP contribution in [-0.4, -0.2) is 19.6 Å². The Morgan fingerprint density at radius 1 is 1.41 bits per heavy atom. The third kappa shape index (κ3) is 2.57. The van der Waals surface area contributed by atoms with E-state index in [1.54, 1.807) is 12.1 Å². The lowest BCUT2D eigenvalue weighted by molar-refractivity contribution is -0.145. The topological polar surface area (TPSA) is 38.3 Å². The van der Waals surface area contributed by atoms with Crippen molar-refractivity contribution in [2.45, 2.75) is 12.5 Å². The Morgan fingerprint density at radius 3 is 2.82 bits per heavy atom. The fourth-order valence-electron chi connectivity index (χ4n) is 2.16. The minimum atomic E-state index is -0.189. The summed E-state index contributed by atoms with van der Waals surface area (Å²) in [5, 5.41) is 4.30. The Kier molecular flexibility index (Phi) is 3.92. The number of methoxy groups -OCH3 is 1. The van der Waals surface area contributed by atoms with E-state index in [1.807, 2.05) is 6.07 Å². The van der Waals surface area contributed by atoms with Crippen molar-refractivity contribution in [2.75, 3.05) is 13.7 Å². The zero-order valence-electron chi connectivity index (χ0n) is 9.37. The first-order valence-electron chi connectivity index (χ1n) is 5.39. The first kappa shape index (κ1) is 12.7. The largest absolute Gasteiger partial charge is 0.469 e. The van der Waals surface area contributed by atoms with Crippen LogP contribution in [0.5, 0.6) is 0 Å². The van der Waals surface area contributed by atoms with Crippen LogP contribution >= 0.6 is 23.2 Å². The second kappa shape index (κ2) is 5.25. The van der Waals surface area contributed by atoms with Crippen molar-refractivity contribution in [1.29, 1.82) is 0 Å². The zero-order valence-corrected chi connectivity index (χ0v) is 10.9. The lowest BCUT2D eigenvalue weighted by atomic mass is 9.94. The standard InChI is InChI=1S/C12H13Cl2NO2/c1-17-12(16)8-4-5-15-11(8)7-2-3-9(13)10(14)6-7/h2-3,6,8,11,15H,4-5H2,1H3/t8-,11-/m1/s1. The SMILES string of the molecule is COC(=O)[C@@H]1CCN[C@@H]1c1ccc(Cl)c(Cl)c1. The average Bonchev–Trinajstić information content (AvgIpc) is 2.80. The van der Waals surface area contributed by atoms with Gasteiger partial charge in [-0.05, 0) is 30.7 Å². The van der Waals surface area contributed by atoms with Crippen molar-refractivity contribution < 1.29 is 9.53 Å². The Bertz CT molecular complexity index is 437. The van der Waals surface area contributed by atoms with Crippen LogP contribution in [0.25, 0.3) is 0 Å². The highest BCUT2D eigenvalue weighted by atomic mass is 35.5. The number of carbonyl (C=O) groups is 1. The summed E-state index contributed by atoms with van der Waals surface area (Å²) in [5.41, 5.74) is 0.965. The van der Waals surface area contributed by atoms with Crippen LogP contribution in [0.15, 0.2) is 18.2 Å². The minimum absolute atomic E-state index is 0.0442. The Hall–Kier alpha value is -0.770. The van der Waals surface area contributed by atoms with Gasteiger partial charge in [0.05, 0.1) is 23.1 Å². The fraction of sp³-hybridized carbons (Fsp3) is 0.417. The molecule has 0 unspecified atom stereocenters. The molecule has 5 heteroatoms. The number of esters is 1. The summed E-state index contributed by atoms with van der Waals surface area (Å²) in [6.07, 6.45) is 0.775. The highest BCUT2D eigenvalue weighted by molar-refractivity contribution is 6.42. The molecule has 0 aliphatic carbocycles. The Morgan fingerprint density at radius 2 is 2.18 bits per heavy atom. The van der Waals surface area contributed by atoms with Gasteiger partial charge in [-0.1, -0.05) is 29.3 Å². The third-order valence-electron chi connectivity index (χ3n) is 3.03. The van der Waals surface area contributed by atoms with Crippen LogP contribution in [0, 0.1) is 5.92 Å². The average molecular weight is 274 g/mol. The van der Waals surface area contributed by atoms with Gasteiger partial charge < -0.3 is 10.1 Å². The number of carbonyl (C=O) groups excluding carboxylic acids is 1. The summed E-state index contributed by atoms with van der Waals surface area (Å²) < 4.78 is 4.80. The van der Waals surface area contributed by atoms with Gasteiger partial charge in [0.25, 0.3) is 0 Å². The van der Waals surface area contributed by atoms with Gasteiger partial charge >= 0.3 is 5.97 Å². The maximum absolute atomic E-state index is 11.6. The molecule has 1 N–H and O–H groups in total. The molecule has 0 bridgehead atoms. The quantitative estimate of drug-likeness (QED) is 0.843. The molecular weight excluding hydrogens is 261 g/mol. The van der Waals surface area contributed by atoms with Crippen molar-refractivity contribution in [3.05, 3.63) is 33.8 Å². The molecule has 1 aliphatic rings. The molecule has 2 atom stereocenters. The van der Waals surface area contributed by atoms with E-state index in [0.29, 0.717) is 10.0 Å². The maximum Gasteiger partial charge on any atom is 0.310 e. The summed E-state index contributed by atoms with van der Waals surface area (Å²) in [6, 6.07) is 5.38. The molecule has 2 rings (SSSR count). The molecule has 1 heterocycles. The molecule has 0 radical (unpaired) electrons. The molecular formula is C12H13Cl2NO2. The van der Waals surface area contributed by atoms with Gasteiger partial charge in [0.2, 0.25) is 0 Å². The molecule has 0 amide bonds. The monoisotopic (exact) mass is 273 g/mol. The lowest BCUT2D eigenvalue weighted by Crippen LogP contribution is -2.24. The Balaban J connectivity index is 2.26. The summed E-state index contributed by atoms with van der Waals surface area (Å²) in [6.45, 7) is 0.796. The van der Waals surface area contributed by atoms with Crippen LogP contribution < -0.4 is 5.32 Å². The molecule has 1 aliphatic heterocycles. The van der Waals surface area contributed by atoms with Crippen LogP contribution in [0.2, 0.25) is 10.0 Å². The lowest BCUT2D eigenvalue weighted by Gasteiger charge is -2.18. The first-order valence-corrected chi connectivity index (χ1v) is 6.15. The van der Waals surface area contributed by atoms with Crippen molar-refractivity contribution >= 4 is 29.2 Å². The van der Waals surface area contributed by atoms with Crippen molar-refractivity contribution in [3.63, 3.8) is 0 Å². The molecule has 0 spiro atoms. The molecule has 1 aromatic carbocycles. The number of nitrogens with one attached hydrogen (secondary N) is 1. The number of halogens is 2. The minimum Gasteiger partial charge on any atom is -0.469 e. The van der Waals surface area contributed by atoms with Crippen LogP contribution in [0.3, 0.4) is 0 Å². The smallest absolute Gasteiger partial charge is 0.310 e. The van der Waals surface area contributed by atoms with Gasteiger partial charge in [0.1, 0.15) is 0 Å². The van der Waals surface area contributed by atoms with E-state index in [4.69, 9.17) is 27.9 Å². The highest BCUT2D eigenvalue weighted by Gasteiger charge is 2.34. The van der Waals surface area contributed by atoms with Crippen LogP contribution in [0.4, 0.5) is 0 Å². The number of ether oxygens (including phenoxy) is 1. The second-order valence-electron chi connectivity index (χ2n) is 4.02. The first-order chi connectivity index (χ1) is 8.13. The maximum atomic E-state index is 11.6. The number of rotatable bonds is 2. The zero-order chi connectivity index (χ0) is 12.4. The highest BCUT2D eigenvalue weighted by Crippen LogP contribution is 2.33. The fourth-order valence-corrected chi connectivity index (χ4v) is 2.47. The van der Waals surface area contributed by atoms with E-state index >= 15 is 0 Å². The van der Waals surface area contributed by atoms with E-state index < -0.39 is 0 Å². The van der Waals surface area contributed by atoms with Crippen LogP contribution in [-0.2, 0) is 9.53 Å². The van der Waals surface area contributed by atoms with Gasteiger partial charge in [-0.3, -0.25) is 4.79 Å². The molecule has 0 aromatic heterocycles. The van der Waals surface area contributed by atoms with E-state index in [2.05, 4.69) is 5.32 Å². The van der Waals surface area contributed by atoms with Gasteiger partial charge in [0.15, 0.2) is 0 Å². The summed E-state index contributed by atoms with van der Waals surface area (Å²) in [7, 11) is 1.41. The molecule has 17 heavy (non-hydrogen) atoms. The van der Waals surface area contributed by atoms with E-state index in [1.165, 1.54) is 7.11 Å². The van der Waals surface area contributed by atoms with E-state index in [9.17, 15) is 4.79 Å². The molecule has 92 valence electrons. The third-order valence-corrected chi connectivity index (χ3v) is 3.77. The predicted molar refractivity (Wildman–Crippen MR) is 67.3 cm³/mol. The van der Waals surface area contributed by atoms with Gasteiger partial charge in [-0.15, -0.1) is 0 Å². The molecule has 1 fully saturated rings. The summed E-state index contributed by atoms with van der Waals surface area (Å²) >= 11 is 11.8. The van der Waals surface area contributed by atoms with Gasteiger partial charge in [-0.2, -0.15) is 0 Å². The summed E-state index contributed by atoms with van der Waals surface area (Å²) in [5.74, 6) is -0.344. The molecule has 1 aromatic rings. The van der Waals surface area contributed by atoms with Crippen LogP contribution in [0.1, 0.15) is 18.0 Å². The molecule has 3 nitrogen and oxygen atoms in total. The van der Waals surface area contributed by atoms with Gasteiger partial charge in [0, 0.05) is 6.04 Å². The number of hydrogen-bond acceptors (Lipinski definition) is 3. The van der Waals surface area contributed by atoms with E-state index in [0.717, 1.165) is 18.5 Å². The molecule has 0 saturated carbocycles. The van der Waals surface area contributed by atoms with Crippen molar-refractivity contribution in [3.8, 4) is 0 Å². The summed E-state index contributed by atoms with van der Waals surface area (Å²) in [4.78, 5) is 11.6. The number of hydrogen-bond donors (Lipinski definition) is 1. The molecule has 1 saturated heterocycles. The second-order valence-corrected chi connectivity index (χ2v) is 4.84. The Labute approximate surface area is 110 Å². The van der Waals surface area contributed by atoms with Crippen molar-refractivity contribution in [2.24, 2.45) is 5.92 Å². The number of benzene rings is 1.